The third kappa shape index (κ3) is 4.87. The number of hydrogen-bond acceptors (Lipinski definition) is 7. The minimum atomic E-state index is -0.660. The maximum Gasteiger partial charge on any atom is 0.255 e. The van der Waals surface area contributed by atoms with Gasteiger partial charge in [0.2, 0.25) is 5.91 Å². The fourth-order valence-electron chi connectivity index (χ4n) is 5.02. The first kappa shape index (κ1) is 26.2. The Bertz CT molecular complexity index is 1500. The molecule has 2 aromatic heterocycles. The summed E-state index contributed by atoms with van der Waals surface area (Å²) in [7, 11) is 3.28. The van der Waals surface area contributed by atoms with Crippen molar-refractivity contribution in [2.24, 2.45) is 5.73 Å². The van der Waals surface area contributed by atoms with Gasteiger partial charge in [-0.25, -0.2) is 9.67 Å². The minimum absolute atomic E-state index is 0.163. The molecule has 0 spiro atoms. The summed E-state index contributed by atoms with van der Waals surface area (Å²) in [4.78, 5) is 31.4. The maximum atomic E-state index is 12.6. The van der Waals surface area contributed by atoms with Crippen LogP contribution in [0.5, 0.6) is 0 Å². The number of likely N-dealkylation sites (tertiary alicyclic amines) is 1. The standard InChI is InChI=1S/C26H28ClN7O3S/c1-29-26-24(25(28)36)20(31-34(26)17-10-18(13-37-2)32(12-17)23(35)7-8-38)6-3-15-9-21-22(11-19(15)27)33(14-30-21)16-4-5-16/h7-9,11,14,16-18,29,38H,4-5,10,12-13H2,1-2H3,(H2,28,36)/b8-7+/t17-,18+/m0/s1. The van der Waals surface area contributed by atoms with E-state index in [2.05, 4.69) is 44.4 Å². The van der Waals surface area contributed by atoms with Crippen LogP contribution in [-0.2, 0) is 9.53 Å². The Hall–Kier alpha value is -3.46. The number of imidazole rings is 1. The summed E-state index contributed by atoms with van der Waals surface area (Å²) in [5, 5.41) is 9.61. The number of ether oxygens (including phenoxy) is 1. The van der Waals surface area contributed by atoms with Gasteiger partial charge in [-0.1, -0.05) is 17.5 Å². The average Bonchev–Trinajstić information content (AvgIpc) is 3.34. The van der Waals surface area contributed by atoms with E-state index in [1.165, 1.54) is 11.5 Å². The Morgan fingerprint density at radius 2 is 2.11 bits per heavy atom. The van der Waals surface area contributed by atoms with Crippen LogP contribution in [0.25, 0.3) is 11.0 Å². The van der Waals surface area contributed by atoms with Gasteiger partial charge in [0.15, 0.2) is 5.69 Å². The fraction of sp³-hybridized carbons (Fsp3) is 0.385. The third-order valence-electron chi connectivity index (χ3n) is 6.91. The molecule has 1 aromatic carbocycles. The fourth-order valence-corrected chi connectivity index (χ4v) is 5.35. The van der Waals surface area contributed by atoms with Crippen LogP contribution in [0, 0.1) is 11.8 Å². The van der Waals surface area contributed by atoms with Crippen LogP contribution in [0.3, 0.4) is 0 Å². The number of primary amides is 1. The molecule has 10 nitrogen and oxygen atoms in total. The SMILES string of the molecule is CNc1c(C(N)=O)c(C#Cc2cc3ncn(C4CC4)c3cc2Cl)nn1[C@H]1C[C@H](COC)N(C(=O)/C=C/S)C1. The molecule has 2 aliphatic rings. The van der Waals surface area contributed by atoms with Gasteiger partial charge in [0.05, 0.1) is 41.1 Å². The minimum Gasteiger partial charge on any atom is -0.383 e. The number of halogens is 1. The van der Waals surface area contributed by atoms with E-state index in [-0.39, 0.29) is 29.2 Å². The number of rotatable bonds is 7. The van der Waals surface area contributed by atoms with Crippen LogP contribution in [-0.4, -0.2) is 69.4 Å². The summed E-state index contributed by atoms with van der Waals surface area (Å²) in [5.74, 6) is 5.66. The second-order valence-electron chi connectivity index (χ2n) is 9.39. The molecule has 12 heteroatoms. The molecule has 3 N–H and O–H groups in total. The van der Waals surface area contributed by atoms with Crippen molar-refractivity contribution in [2.45, 2.75) is 37.4 Å². The zero-order chi connectivity index (χ0) is 27.0. The summed E-state index contributed by atoms with van der Waals surface area (Å²) >= 11 is 10.6. The van der Waals surface area contributed by atoms with E-state index in [9.17, 15) is 9.59 Å². The monoisotopic (exact) mass is 553 g/mol. The van der Waals surface area contributed by atoms with E-state index >= 15 is 0 Å². The van der Waals surface area contributed by atoms with E-state index in [1.54, 1.807) is 23.7 Å². The number of anilines is 1. The molecule has 2 atom stereocenters. The van der Waals surface area contributed by atoms with Crippen molar-refractivity contribution in [3.05, 3.63) is 51.8 Å². The normalized spacial score (nSPS) is 19.2. The summed E-state index contributed by atoms with van der Waals surface area (Å²) in [6.07, 6.45) is 6.09. The van der Waals surface area contributed by atoms with Crippen molar-refractivity contribution in [3.8, 4) is 11.8 Å². The largest absolute Gasteiger partial charge is 0.383 e. The third-order valence-corrected chi connectivity index (χ3v) is 7.37. The van der Waals surface area contributed by atoms with Gasteiger partial charge in [0.25, 0.3) is 5.91 Å². The van der Waals surface area contributed by atoms with Crippen LogP contribution in [0.4, 0.5) is 5.82 Å². The lowest BCUT2D eigenvalue weighted by molar-refractivity contribution is -0.127. The van der Waals surface area contributed by atoms with Gasteiger partial charge in [-0.3, -0.25) is 9.59 Å². The van der Waals surface area contributed by atoms with E-state index < -0.39 is 5.91 Å². The summed E-state index contributed by atoms with van der Waals surface area (Å²) in [6.45, 7) is 0.740. The Morgan fingerprint density at radius 3 is 2.76 bits per heavy atom. The number of carbonyl (C=O) groups is 2. The summed E-state index contributed by atoms with van der Waals surface area (Å²) in [5.41, 5.74) is 8.52. The van der Waals surface area contributed by atoms with Gasteiger partial charge in [0.1, 0.15) is 11.4 Å². The maximum absolute atomic E-state index is 12.6. The molecule has 0 radical (unpaired) electrons. The molecule has 1 aliphatic carbocycles. The molecule has 1 aliphatic heterocycles. The molecule has 2 fully saturated rings. The molecule has 38 heavy (non-hydrogen) atoms. The van der Waals surface area contributed by atoms with Crippen molar-refractivity contribution in [2.75, 3.05) is 32.6 Å². The lowest BCUT2D eigenvalue weighted by Crippen LogP contribution is -2.37. The molecular weight excluding hydrogens is 526 g/mol. The molecular formula is C26H28ClN7O3S. The molecule has 0 bridgehead atoms. The molecule has 3 aromatic rings. The second kappa shape index (κ2) is 10.7. The van der Waals surface area contributed by atoms with Crippen LogP contribution in [0.15, 0.2) is 29.9 Å². The van der Waals surface area contributed by atoms with Crippen molar-refractivity contribution in [1.82, 2.24) is 24.2 Å². The van der Waals surface area contributed by atoms with Gasteiger partial charge in [-0.05, 0) is 42.7 Å². The van der Waals surface area contributed by atoms with Crippen molar-refractivity contribution >= 4 is 52.9 Å². The topological polar surface area (TPSA) is 120 Å². The predicted octanol–water partition coefficient (Wildman–Crippen LogP) is 2.99. The number of nitrogens with zero attached hydrogens (tertiary/aromatic N) is 5. The Morgan fingerprint density at radius 1 is 1.32 bits per heavy atom. The second-order valence-corrected chi connectivity index (χ2v) is 10.1. The highest BCUT2D eigenvalue weighted by atomic mass is 35.5. The number of benzene rings is 1. The predicted molar refractivity (Wildman–Crippen MR) is 148 cm³/mol. The first-order valence-corrected chi connectivity index (χ1v) is 13.1. The Labute approximate surface area is 230 Å². The lowest BCUT2D eigenvalue weighted by atomic mass is 10.1. The number of carbonyl (C=O) groups excluding carboxylic acids is 2. The van der Waals surface area contributed by atoms with Gasteiger partial charge in [0, 0.05) is 38.4 Å². The number of nitrogens with one attached hydrogen (secondary N) is 1. The van der Waals surface area contributed by atoms with E-state index in [0.717, 1.165) is 23.9 Å². The zero-order valence-corrected chi connectivity index (χ0v) is 22.7. The highest BCUT2D eigenvalue weighted by molar-refractivity contribution is 7.83. The van der Waals surface area contributed by atoms with E-state index in [1.807, 2.05) is 18.5 Å². The molecule has 5 rings (SSSR count). The highest BCUT2D eigenvalue weighted by Crippen LogP contribution is 2.38. The molecule has 3 heterocycles. The smallest absolute Gasteiger partial charge is 0.255 e. The molecule has 198 valence electrons. The first-order valence-electron chi connectivity index (χ1n) is 12.2. The van der Waals surface area contributed by atoms with Crippen LogP contribution in [0.2, 0.25) is 5.02 Å². The Balaban J connectivity index is 1.51. The Kier molecular flexibility index (Phi) is 7.38. The van der Waals surface area contributed by atoms with Crippen molar-refractivity contribution in [3.63, 3.8) is 0 Å². The van der Waals surface area contributed by atoms with E-state index in [0.29, 0.717) is 42.0 Å². The summed E-state index contributed by atoms with van der Waals surface area (Å²) < 4.78 is 9.17. The quantitative estimate of drug-likeness (QED) is 0.235. The van der Waals surface area contributed by atoms with Gasteiger partial charge in [-0.15, -0.1) is 0 Å². The van der Waals surface area contributed by atoms with E-state index in [4.69, 9.17) is 22.1 Å². The van der Waals surface area contributed by atoms with Crippen LogP contribution >= 0.6 is 24.2 Å². The first-order chi connectivity index (χ1) is 18.4. The van der Waals surface area contributed by atoms with Crippen LogP contribution < -0.4 is 11.1 Å². The molecule has 2 amide bonds. The highest BCUT2D eigenvalue weighted by Gasteiger charge is 2.38. The van der Waals surface area contributed by atoms with Gasteiger partial charge >= 0.3 is 0 Å². The lowest BCUT2D eigenvalue weighted by Gasteiger charge is -2.22. The number of methoxy groups -OCH3 is 1. The van der Waals surface area contributed by atoms with Crippen molar-refractivity contribution < 1.29 is 14.3 Å². The molecule has 1 saturated heterocycles. The van der Waals surface area contributed by atoms with Gasteiger partial charge < -0.3 is 25.3 Å². The number of amides is 2. The number of fused-ring (bicyclic) bond motifs is 1. The average molecular weight is 554 g/mol. The number of thiol groups is 1. The summed E-state index contributed by atoms with van der Waals surface area (Å²) in [6, 6.07) is 3.81. The number of nitrogens with two attached hydrogens (primary N) is 1. The zero-order valence-electron chi connectivity index (χ0n) is 21.0. The molecule has 0 unspecified atom stereocenters. The number of hydrogen-bond donors (Lipinski definition) is 3. The molecule has 1 saturated carbocycles. The van der Waals surface area contributed by atoms with Crippen LogP contribution in [0.1, 0.15) is 53.0 Å². The van der Waals surface area contributed by atoms with Crippen molar-refractivity contribution in [1.29, 1.82) is 0 Å². The van der Waals surface area contributed by atoms with Gasteiger partial charge in [-0.2, -0.15) is 17.7 Å². The number of aromatic nitrogens is 4.